The molecule has 1 aromatic rings. The minimum atomic E-state index is 0.249. The fraction of sp³-hybridized carbons (Fsp3) is 0.579. The summed E-state index contributed by atoms with van der Waals surface area (Å²) < 4.78 is 0. The first kappa shape index (κ1) is 15.8. The maximum atomic E-state index is 4.21. The van der Waals surface area contributed by atoms with Gasteiger partial charge < -0.3 is 0 Å². The maximum absolute atomic E-state index is 4.21. The fourth-order valence-electron chi connectivity index (χ4n) is 3.65. The van der Waals surface area contributed by atoms with Gasteiger partial charge in [-0.05, 0) is 57.9 Å². The Morgan fingerprint density at radius 2 is 1.85 bits per heavy atom. The number of allylic oxidation sites excluding steroid dienone is 1. The van der Waals surface area contributed by atoms with Crippen LogP contribution in [0, 0.1) is 12.8 Å². The monoisotopic (exact) mass is 334 g/mol. The van der Waals surface area contributed by atoms with Gasteiger partial charge in [0.05, 0.1) is 0 Å². The van der Waals surface area contributed by atoms with Gasteiger partial charge in [0.15, 0.2) is 0 Å². The van der Waals surface area contributed by atoms with Gasteiger partial charge in [-0.1, -0.05) is 69.3 Å². The average Bonchev–Trinajstić information content (AvgIpc) is 2.35. The van der Waals surface area contributed by atoms with Crippen molar-refractivity contribution in [1.82, 2.24) is 0 Å². The smallest absolute Gasteiger partial charge is 0.0283 e. The summed E-state index contributed by atoms with van der Waals surface area (Å²) in [5, 5.41) is 0.840. The summed E-state index contributed by atoms with van der Waals surface area (Å²) in [5.41, 5.74) is 7.40. The summed E-state index contributed by atoms with van der Waals surface area (Å²) in [6.45, 7) is 18.4. The highest BCUT2D eigenvalue weighted by atomic mass is 79.9. The normalized spacial score (nSPS) is 23.2. The Morgan fingerprint density at radius 3 is 2.40 bits per heavy atom. The largest absolute Gasteiger partial charge is 0.0944 e. The van der Waals surface area contributed by atoms with Gasteiger partial charge in [-0.3, -0.25) is 0 Å². The number of alkyl halides is 1. The van der Waals surface area contributed by atoms with Crippen molar-refractivity contribution in [3.05, 3.63) is 41.0 Å². The first-order valence-corrected chi connectivity index (χ1v) is 8.63. The molecule has 0 aliphatic heterocycles. The number of aryl methyl sites for hydroxylation is 1. The van der Waals surface area contributed by atoms with E-state index in [1.165, 1.54) is 34.2 Å². The standard InChI is InChI=1S/C19H27Br/c1-12-8-17-16(9-15(12)13(2)11-20)18(4,5)10-14(3)19(17,6)7/h8-9,14H,2,10-11H2,1,3-7H3. The average molecular weight is 335 g/mol. The SMILES string of the molecule is C=C(CBr)c1cc2c(cc1C)C(C)(C)C(C)CC2(C)C. The lowest BCUT2D eigenvalue weighted by Crippen LogP contribution is -2.40. The topological polar surface area (TPSA) is 0 Å². The zero-order valence-electron chi connectivity index (χ0n) is 13.7. The Balaban J connectivity index is 2.71. The van der Waals surface area contributed by atoms with E-state index in [1.807, 2.05) is 0 Å². The second-order valence-corrected chi connectivity index (χ2v) is 8.22. The van der Waals surface area contributed by atoms with E-state index in [0.717, 1.165) is 5.33 Å². The molecule has 0 aromatic heterocycles. The second-order valence-electron chi connectivity index (χ2n) is 7.66. The Bertz CT molecular complexity index is 549. The van der Waals surface area contributed by atoms with Crippen molar-refractivity contribution < 1.29 is 0 Å². The molecule has 0 N–H and O–H groups in total. The number of benzene rings is 1. The Kier molecular flexibility index (Phi) is 3.97. The summed E-state index contributed by atoms with van der Waals surface area (Å²) in [7, 11) is 0. The van der Waals surface area contributed by atoms with Crippen LogP contribution in [-0.4, -0.2) is 5.33 Å². The van der Waals surface area contributed by atoms with Crippen molar-refractivity contribution in [2.24, 2.45) is 5.92 Å². The molecule has 1 aliphatic carbocycles. The highest BCUT2D eigenvalue weighted by molar-refractivity contribution is 9.09. The summed E-state index contributed by atoms with van der Waals surface area (Å²) in [4.78, 5) is 0. The Hall–Kier alpha value is -0.560. The molecule has 2 rings (SSSR count). The summed E-state index contributed by atoms with van der Waals surface area (Å²) in [6.07, 6.45) is 1.25. The van der Waals surface area contributed by atoms with Crippen LogP contribution in [0.25, 0.3) is 5.57 Å². The predicted molar refractivity (Wildman–Crippen MR) is 93.8 cm³/mol. The molecule has 0 radical (unpaired) electrons. The van der Waals surface area contributed by atoms with Crippen LogP contribution in [0.2, 0.25) is 0 Å². The van der Waals surface area contributed by atoms with E-state index in [9.17, 15) is 0 Å². The van der Waals surface area contributed by atoms with Crippen molar-refractivity contribution in [3.63, 3.8) is 0 Å². The van der Waals surface area contributed by atoms with E-state index >= 15 is 0 Å². The molecule has 0 heterocycles. The van der Waals surface area contributed by atoms with Crippen molar-refractivity contribution >= 4 is 21.5 Å². The van der Waals surface area contributed by atoms with Gasteiger partial charge in [0.1, 0.15) is 0 Å². The minimum Gasteiger partial charge on any atom is -0.0944 e. The van der Waals surface area contributed by atoms with E-state index in [-0.39, 0.29) is 10.8 Å². The summed E-state index contributed by atoms with van der Waals surface area (Å²) >= 11 is 3.54. The quantitative estimate of drug-likeness (QED) is 0.582. The number of halogens is 1. The zero-order valence-corrected chi connectivity index (χ0v) is 15.3. The van der Waals surface area contributed by atoms with Gasteiger partial charge in [0, 0.05) is 5.33 Å². The molecule has 0 saturated heterocycles. The third kappa shape index (κ3) is 2.39. The van der Waals surface area contributed by atoms with Crippen LogP contribution in [0.5, 0.6) is 0 Å². The van der Waals surface area contributed by atoms with Gasteiger partial charge >= 0.3 is 0 Å². The highest BCUT2D eigenvalue weighted by Gasteiger charge is 2.42. The fourth-order valence-corrected chi connectivity index (χ4v) is 3.95. The molecule has 0 fully saturated rings. The first-order chi connectivity index (χ1) is 9.11. The first-order valence-electron chi connectivity index (χ1n) is 7.51. The Labute approximate surface area is 132 Å². The molecule has 0 bridgehead atoms. The van der Waals surface area contributed by atoms with Gasteiger partial charge in [-0.25, -0.2) is 0 Å². The van der Waals surface area contributed by atoms with Crippen molar-refractivity contribution in [2.45, 2.75) is 58.8 Å². The third-order valence-electron chi connectivity index (χ3n) is 5.38. The van der Waals surface area contributed by atoms with Crippen LogP contribution in [0.4, 0.5) is 0 Å². The van der Waals surface area contributed by atoms with Crippen molar-refractivity contribution in [2.75, 3.05) is 5.33 Å². The number of hydrogen-bond acceptors (Lipinski definition) is 0. The predicted octanol–water partition coefficient (Wildman–Crippen LogP) is 6.00. The molecular formula is C19H27Br. The molecule has 0 spiro atoms. The molecule has 1 aliphatic rings. The molecular weight excluding hydrogens is 308 g/mol. The molecule has 0 amide bonds. The number of fused-ring (bicyclic) bond motifs is 1. The lowest BCUT2D eigenvalue weighted by Gasteiger charge is -2.47. The molecule has 20 heavy (non-hydrogen) atoms. The van der Waals surface area contributed by atoms with E-state index in [1.54, 1.807) is 0 Å². The van der Waals surface area contributed by atoms with E-state index < -0.39 is 0 Å². The maximum Gasteiger partial charge on any atom is 0.0283 e. The highest BCUT2D eigenvalue weighted by Crippen LogP contribution is 2.50. The minimum absolute atomic E-state index is 0.249. The third-order valence-corrected chi connectivity index (χ3v) is 6.06. The second kappa shape index (κ2) is 5.02. The van der Waals surface area contributed by atoms with Crippen LogP contribution < -0.4 is 0 Å². The molecule has 1 heteroatoms. The molecule has 0 nitrogen and oxygen atoms in total. The molecule has 1 aromatic carbocycles. The number of hydrogen-bond donors (Lipinski definition) is 0. The summed E-state index contributed by atoms with van der Waals surface area (Å²) in [6, 6.07) is 4.82. The van der Waals surface area contributed by atoms with Gasteiger partial charge in [-0.15, -0.1) is 0 Å². The van der Waals surface area contributed by atoms with Crippen LogP contribution in [-0.2, 0) is 10.8 Å². The van der Waals surface area contributed by atoms with E-state index in [2.05, 4.69) is 76.2 Å². The van der Waals surface area contributed by atoms with E-state index in [0.29, 0.717) is 5.92 Å². The molecule has 1 atom stereocenters. The van der Waals surface area contributed by atoms with Crippen LogP contribution in [0.15, 0.2) is 18.7 Å². The van der Waals surface area contributed by atoms with Crippen molar-refractivity contribution in [1.29, 1.82) is 0 Å². The number of rotatable bonds is 2. The molecule has 110 valence electrons. The lowest BCUT2D eigenvalue weighted by atomic mass is 9.58. The van der Waals surface area contributed by atoms with Crippen LogP contribution in [0.1, 0.15) is 63.3 Å². The van der Waals surface area contributed by atoms with Gasteiger partial charge in [-0.2, -0.15) is 0 Å². The summed E-state index contributed by atoms with van der Waals surface area (Å²) in [5.74, 6) is 0.703. The van der Waals surface area contributed by atoms with Crippen LogP contribution in [0.3, 0.4) is 0 Å². The van der Waals surface area contributed by atoms with Crippen LogP contribution >= 0.6 is 15.9 Å². The van der Waals surface area contributed by atoms with Crippen molar-refractivity contribution in [3.8, 4) is 0 Å². The lowest BCUT2D eigenvalue weighted by molar-refractivity contribution is 0.233. The van der Waals surface area contributed by atoms with Gasteiger partial charge in [0.25, 0.3) is 0 Å². The van der Waals surface area contributed by atoms with Gasteiger partial charge in [0.2, 0.25) is 0 Å². The van der Waals surface area contributed by atoms with E-state index in [4.69, 9.17) is 0 Å². The molecule has 0 saturated carbocycles. The molecule has 1 unspecified atom stereocenters. The zero-order chi connectivity index (χ0) is 15.3. The Morgan fingerprint density at radius 1 is 1.25 bits per heavy atom.